The van der Waals surface area contributed by atoms with E-state index in [9.17, 15) is 4.79 Å². The van der Waals surface area contributed by atoms with E-state index in [4.69, 9.17) is 19.3 Å². The largest absolute Gasteiger partial charge is 0.497 e. The summed E-state index contributed by atoms with van der Waals surface area (Å²) in [6.45, 7) is 2.34. The minimum Gasteiger partial charge on any atom is -0.497 e. The number of rotatable bonds is 9. The number of aliphatic carboxylic acids is 1. The monoisotopic (exact) mass is 371 g/mol. The highest BCUT2D eigenvalue weighted by molar-refractivity contribution is 5.69. The lowest BCUT2D eigenvalue weighted by Gasteiger charge is -2.34. The first-order valence-corrected chi connectivity index (χ1v) is 9.14. The average Bonchev–Trinajstić information content (AvgIpc) is 2.63. The lowest BCUT2D eigenvalue weighted by molar-refractivity contribution is -0.141. The van der Waals surface area contributed by atoms with Crippen molar-refractivity contribution in [3.05, 3.63) is 48.2 Å². The maximum atomic E-state index is 11.0. The summed E-state index contributed by atoms with van der Waals surface area (Å²) < 4.78 is 16.9. The van der Waals surface area contributed by atoms with Crippen molar-refractivity contribution in [3.63, 3.8) is 0 Å². The van der Waals surface area contributed by atoms with Crippen LogP contribution in [0.4, 0.5) is 0 Å². The van der Waals surface area contributed by atoms with E-state index in [0.717, 1.165) is 29.9 Å². The highest BCUT2D eigenvalue weighted by atomic mass is 16.5. The van der Waals surface area contributed by atoms with Crippen molar-refractivity contribution in [1.29, 1.82) is 0 Å². The predicted molar refractivity (Wildman–Crippen MR) is 100 cm³/mol. The zero-order chi connectivity index (χ0) is 19.2. The third kappa shape index (κ3) is 5.36. The molecule has 144 valence electrons. The molecule has 1 aliphatic carbocycles. The summed E-state index contributed by atoms with van der Waals surface area (Å²) in [6.07, 6.45) is 4.18. The molecule has 1 aliphatic rings. The Kier molecular flexibility index (Phi) is 6.16. The Balaban J connectivity index is 1.42. The number of carbonyl (C=O) groups is 1. The van der Waals surface area contributed by atoms with Crippen molar-refractivity contribution in [2.75, 3.05) is 13.7 Å². The van der Waals surface area contributed by atoms with Crippen LogP contribution in [0.2, 0.25) is 0 Å². The van der Waals surface area contributed by atoms with Crippen LogP contribution in [0.15, 0.2) is 42.6 Å². The summed E-state index contributed by atoms with van der Waals surface area (Å²) in [6, 6.07) is 11.2. The molecule has 3 rings (SSSR count). The molecule has 0 amide bonds. The van der Waals surface area contributed by atoms with Gasteiger partial charge in [-0.15, -0.1) is 0 Å². The van der Waals surface area contributed by atoms with Gasteiger partial charge in [0, 0.05) is 12.3 Å². The fraction of sp³-hybridized carbons (Fsp3) is 0.429. The molecule has 1 saturated carbocycles. The van der Waals surface area contributed by atoms with Gasteiger partial charge in [-0.3, -0.25) is 4.79 Å². The summed E-state index contributed by atoms with van der Waals surface area (Å²) in [5.74, 6) is 1.35. The fourth-order valence-corrected chi connectivity index (χ4v) is 3.08. The number of ether oxygens (including phenoxy) is 3. The topological polar surface area (TPSA) is 77.9 Å². The molecular weight excluding hydrogens is 346 g/mol. The van der Waals surface area contributed by atoms with Gasteiger partial charge in [0.15, 0.2) is 0 Å². The molecule has 0 spiro atoms. The smallest absolute Gasteiger partial charge is 0.306 e. The van der Waals surface area contributed by atoms with E-state index >= 15 is 0 Å². The summed E-state index contributed by atoms with van der Waals surface area (Å²) in [7, 11) is 1.62. The van der Waals surface area contributed by atoms with Crippen molar-refractivity contribution < 1.29 is 24.1 Å². The lowest BCUT2D eigenvalue weighted by atomic mass is 9.83. The summed E-state index contributed by atoms with van der Waals surface area (Å²) in [4.78, 5) is 15.2. The lowest BCUT2D eigenvalue weighted by Crippen LogP contribution is -2.37. The molecule has 0 saturated heterocycles. The Morgan fingerprint density at radius 2 is 2.07 bits per heavy atom. The van der Waals surface area contributed by atoms with Gasteiger partial charge in [0.05, 0.1) is 19.6 Å². The Bertz CT molecular complexity index is 773. The first kappa shape index (κ1) is 19.0. The van der Waals surface area contributed by atoms with Crippen molar-refractivity contribution in [2.24, 2.45) is 11.8 Å². The number of benzene rings is 1. The quantitative estimate of drug-likeness (QED) is 0.726. The second-order valence-electron chi connectivity index (χ2n) is 7.01. The minimum absolute atomic E-state index is 0.154. The van der Waals surface area contributed by atoms with Crippen LogP contribution in [0.1, 0.15) is 25.3 Å². The van der Waals surface area contributed by atoms with Crippen LogP contribution in [-0.4, -0.2) is 35.9 Å². The van der Waals surface area contributed by atoms with Crippen molar-refractivity contribution in [2.45, 2.75) is 32.3 Å². The van der Waals surface area contributed by atoms with E-state index in [1.165, 1.54) is 0 Å². The minimum atomic E-state index is -0.785. The Labute approximate surface area is 159 Å². The SMILES string of the molecule is COc1ccnc(OC2CC(COc3cccc(CC(C)C(=O)O)c3)C2)c1. The molecule has 1 aromatic carbocycles. The molecule has 1 aromatic heterocycles. The molecule has 0 aliphatic heterocycles. The Morgan fingerprint density at radius 1 is 1.26 bits per heavy atom. The fourth-order valence-electron chi connectivity index (χ4n) is 3.08. The number of nitrogens with zero attached hydrogens (tertiary/aromatic N) is 1. The average molecular weight is 371 g/mol. The number of carboxylic acid groups (broad SMARTS) is 1. The number of hydrogen-bond donors (Lipinski definition) is 1. The van der Waals surface area contributed by atoms with Gasteiger partial charge in [-0.25, -0.2) is 4.98 Å². The van der Waals surface area contributed by atoms with Crippen LogP contribution in [0.5, 0.6) is 17.4 Å². The molecule has 1 atom stereocenters. The third-order valence-electron chi connectivity index (χ3n) is 4.77. The predicted octanol–water partition coefficient (Wildman–Crippen LogP) is 3.59. The highest BCUT2D eigenvalue weighted by Gasteiger charge is 2.31. The van der Waals surface area contributed by atoms with Crippen molar-refractivity contribution in [1.82, 2.24) is 4.98 Å². The summed E-state index contributed by atoms with van der Waals surface area (Å²) in [5, 5.41) is 9.03. The number of hydrogen-bond acceptors (Lipinski definition) is 5. The van der Waals surface area contributed by atoms with Crippen LogP contribution < -0.4 is 14.2 Å². The number of aromatic nitrogens is 1. The standard InChI is InChI=1S/C21H25NO5/c1-14(21(23)24)8-15-4-3-5-18(9-15)26-13-16-10-19(11-16)27-20-12-17(25-2)6-7-22-20/h3-7,9,12,14,16,19H,8,10-11,13H2,1-2H3,(H,23,24). The van der Waals surface area contributed by atoms with Gasteiger partial charge >= 0.3 is 5.97 Å². The molecular formula is C21H25NO5. The Hall–Kier alpha value is -2.76. The molecule has 6 heteroatoms. The molecule has 27 heavy (non-hydrogen) atoms. The molecule has 1 unspecified atom stereocenters. The van der Waals surface area contributed by atoms with Crippen LogP contribution in [-0.2, 0) is 11.2 Å². The van der Waals surface area contributed by atoms with Gasteiger partial charge < -0.3 is 19.3 Å². The molecule has 2 aromatic rings. The molecule has 1 fully saturated rings. The molecule has 6 nitrogen and oxygen atoms in total. The molecule has 0 bridgehead atoms. The van der Waals surface area contributed by atoms with Gasteiger partial charge in [-0.2, -0.15) is 0 Å². The summed E-state index contributed by atoms with van der Waals surface area (Å²) in [5.41, 5.74) is 0.973. The first-order chi connectivity index (χ1) is 13.0. The molecule has 1 heterocycles. The van der Waals surface area contributed by atoms with Crippen LogP contribution in [0.25, 0.3) is 0 Å². The van der Waals surface area contributed by atoms with Gasteiger partial charge in [0.25, 0.3) is 0 Å². The number of pyridine rings is 1. The molecule has 1 N–H and O–H groups in total. The van der Waals surface area contributed by atoms with Gasteiger partial charge in [-0.05, 0) is 48.9 Å². The van der Waals surface area contributed by atoms with E-state index in [0.29, 0.717) is 24.8 Å². The van der Waals surface area contributed by atoms with E-state index in [-0.39, 0.29) is 6.10 Å². The van der Waals surface area contributed by atoms with Gasteiger partial charge in [0.1, 0.15) is 17.6 Å². The van der Waals surface area contributed by atoms with Gasteiger partial charge in [0.2, 0.25) is 5.88 Å². The third-order valence-corrected chi connectivity index (χ3v) is 4.77. The van der Waals surface area contributed by atoms with E-state index in [1.54, 1.807) is 32.4 Å². The zero-order valence-electron chi connectivity index (χ0n) is 15.6. The zero-order valence-corrected chi connectivity index (χ0v) is 15.6. The molecule has 0 radical (unpaired) electrons. The normalized spacial score (nSPS) is 19.6. The van der Waals surface area contributed by atoms with Crippen molar-refractivity contribution >= 4 is 5.97 Å². The van der Waals surface area contributed by atoms with E-state index in [2.05, 4.69) is 4.98 Å². The highest BCUT2D eigenvalue weighted by Crippen LogP contribution is 2.32. The number of methoxy groups -OCH3 is 1. The Morgan fingerprint density at radius 3 is 2.81 bits per heavy atom. The van der Waals surface area contributed by atoms with E-state index < -0.39 is 11.9 Å². The second-order valence-corrected chi connectivity index (χ2v) is 7.01. The van der Waals surface area contributed by atoms with E-state index in [1.807, 2.05) is 24.3 Å². The van der Waals surface area contributed by atoms with Crippen LogP contribution >= 0.6 is 0 Å². The summed E-state index contributed by atoms with van der Waals surface area (Å²) >= 11 is 0. The maximum absolute atomic E-state index is 11.0. The van der Waals surface area contributed by atoms with Crippen LogP contribution in [0, 0.1) is 11.8 Å². The first-order valence-electron chi connectivity index (χ1n) is 9.14. The number of carboxylic acids is 1. The maximum Gasteiger partial charge on any atom is 0.306 e. The van der Waals surface area contributed by atoms with Gasteiger partial charge in [-0.1, -0.05) is 19.1 Å². The van der Waals surface area contributed by atoms with Crippen molar-refractivity contribution in [3.8, 4) is 17.4 Å². The van der Waals surface area contributed by atoms with Crippen LogP contribution in [0.3, 0.4) is 0 Å². The second kappa shape index (κ2) is 8.75.